The van der Waals surface area contributed by atoms with Crippen molar-refractivity contribution in [1.82, 2.24) is 4.90 Å². The van der Waals surface area contributed by atoms with Crippen molar-refractivity contribution in [3.8, 4) is 0 Å². The lowest BCUT2D eigenvalue weighted by Gasteiger charge is -2.33. The van der Waals surface area contributed by atoms with Gasteiger partial charge in [-0.05, 0) is 38.3 Å². The summed E-state index contributed by atoms with van der Waals surface area (Å²) in [4.78, 5) is 35.6. The highest BCUT2D eigenvalue weighted by molar-refractivity contribution is 7.90. The van der Waals surface area contributed by atoms with Gasteiger partial charge in [-0.1, -0.05) is 0 Å². The maximum absolute atomic E-state index is 12.2. The number of rotatable bonds is 5. The van der Waals surface area contributed by atoms with E-state index in [-0.39, 0.29) is 17.5 Å². The molecule has 1 aliphatic rings. The molecule has 10 heteroatoms. The van der Waals surface area contributed by atoms with Crippen molar-refractivity contribution in [3.05, 3.63) is 33.9 Å². The first kappa shape index (κ1) is 19.8. The number of ether oxygens (including phenoxy) is 1. The quantitative estimate of drug-likeness (QED) is 0.428. The Balaban J connectivity index is 2.11. The average molecular weight is 384 g/mol. The van der Waals surface area contributed by atoms with E-state index in [0.717, 1.165) is 43.7 Å². The molecule has 1 saturated heterocycles. The summed E-state index contributed by atoms with van der Waals surface area (Å²) < 4.78 is 28.1. The van der Waals surface area contributed by atoms with Gasteiger partial charge in [-0.3, -0.25) is 14.9 Å². The van der Waals surface area contributed by atoms with Crippen molar-refractivity contribution in [2.24, 2.45) is 0 Å². The standard InChI is InChI=1S/C16H20N2O7S/c1-11-5-3-4-8-17(11)15(19)10-25-16(20)12-6-7-14(26(2,23)24)13(9-12)18(21)22/h6-7,9,11H,3-5,8,10H2,1-2H3. The molecule has 0 spiro atoms. The van der Waals surface area contributed by atoms with Crippen molar-refractivity contribution >= 4 is 27.4 Å². The van der Waals surface area contributed by atoms with E-state index >= 15 is 0 Å². The van der Waals surface area contributed by atoms with Crippen LogP contribution in [0.5, 0.6) is 0 Å². The molecule has 0 aliphatic carbocycles. The van der Waals surface area contributed by atoms with Crippen molar-refractivity contribution in [2.75, 3.05) is 19.4 Å². The summed E-state index contributed by atoms with van der Waals surface area (Å²) >= 11 is 0. The van der Waals surface area contributed by atoms with E-state index in [1.165, 1.54) is 0 Å². The first-order valence-corrected chi connectivity index (χ1v) is 9.95. The van der Waals surface area contributed by atoms with Gasteiger partial charge < -0.3 is 9.64 Å². The molecule has 1 atom stereocenters. The summed E-state index contributed by atoms with van der Waals surface area (Å²) in [6.07, 6.45) is 3.66. The molecule has 1 amide bonds. The van der Waals surface area contributed by atoms with E-state index in [9.17, 15) is 28.1 Å². The Kier molecular flexibility index (Phi) is 5.96. The SMILES string of the molecule is CC1CCCCN1C(=O)COC(=O)c1ccc(S(C)(=O)=O)c([N+](=O)[O-])c1. The van der Waals surface area contributed by atoms with Crippen LogP contribution in [0.15, 0.2) is 23.1 Å². The molecule has 1 unspecified atom stereocenters. The van der Waals surface area contributed by atoms with Gasteiger partial charge in [0.05, 0.1) is 10.5 Å². The summed E-state index contributed by atoms with van der Waals surface area (Å²) in [5, 5.41) is 11.1. The molecule has 1 fully saturated rings. The summed E-state index contributed by atoms with van der Waals surface area (Å²) in [5.41, 5.74) is -0.901. The highest BCUT2D eigenvalue weighted by Crippen LogP contribution is 2.25. The van der Waals surface area contributed by atoms with Crippen LogP contribution in [-0.4, -0.2) is 55.6 Å². The topological polar surface area (TPSA) is 124 Å². The molecular formula is C16H20N2O7S. The highest BCUT2D eigenvalue weighted by atomic mass is 32.2. The average Bonchev–Trinajstić information content (AvgIpc) is 2.58. The van der Waals surface area contributed by atoms with Gasteiger partial charge in [-0.2, -0.15) is 0 Å². The fourth-order valence-corrected chi connectivity index (χ4v) is 3.69. The first-order chi connectivity index (χ1) is 12.1. The molecule has 1 heterocycles. The molecule has 0 bridgehead atoms. The Morgan fingerprint density at radius 1 is 1.35 bits per heavy atom. The number of likely N-dealkylation sites (tertiary alicyclic amines) is 1. The minimum absolute atomic E-state index is 0.0742. The van der Waals surface area contributed by atoms with Crippen LogP contribution < -0.4 is 0 Å². The van der Waals surface area contributed by atoms with Crippen LogP contribution in [0.4, 0.5) is 5.69 Å². The molecule has 0 N–H and O–H groups in total. The number of nitro groups is 1. The highest BCUT2D eigenvalue weighted by Gasteiger charge is 2.26. The molecule has 0 saturated carbocycles. The first-order valence-electron chi connectivity index (χ1n) is 8.06. The second-order valence-electron chi connectivity index (χ2n) is 6.22. The van der Waals surface area contributed by atoms with Gasteiger partial charge in [-0.15, -0.1) is 0 Å². The molecule has 1 aromatic rings. The van der Waals surface area contributed by atoms with Gasteiger partial charge >= 0.3 is 5.97 Å². The Morgan fingerprint density at radius 3 is 2.62 bits per heavy atom. The molecule has 2 rings (SSSR count). The van der Waals surface area contributed by atoms with Crippen molar-refractivity contribution in [2.45, 2.75) is 37.1 Å². The van der Waals surface area contributed by atoms with E-state index in [1.807, 2.05) is 6.92 Å². The number of amides is 1. The fourth-order valence-electron chi connectivity index (χ4n) is 2.86. The third kappa shape index (κ3) is 4.57. The lowest BCUT2D eigenvalue weighted by Crippen LogP contribution is -2.44. The number of hydrogen-bond acceptors (Lipinski definition) is 7. The number of piperidine rings is 1. The van der Waals surface area contributed by atoms with E-state index in [4.69, 9.17) is 4.74 Å². The second-order valence-corrected chi connectivity index (χ2v) is 8.20. The Labute approximate surface area is 151 Å². The number of hydrogen-bond donors (Lipinski definition) is 0. The zero-order chi connectivity index (χ0) is 19.5. The molecule has 1 aromatic carbocycles. The monoisotopic (exact) mass is 384 g/mol. The number of benzene rings is 1. The number of nitrogens with zero attached hydrogens (tertiary/aromatic N) is 2. The molecule has 142 valence electrons. The zero-order valence-corrected chi connectivity index (χ0v) is 15.3. The van der Waals surface area contributed by atoms with Crippen LogP contribution >= 0.6 is 0 Å². The van der Waals surface area contributed by atoms with Crippen LogP contribution in [0.3, 0.4) is 0 Å². The maximum Gasteiger partial charge on any atom is 0.338 e. The van der Waals surface area contributed by atoms with Gasteiger partial charge in [0.25, 0.3) is 11.6 Å². The smallest absolute Gasteiger partial charge is 0.338 e. The van der Waals surface area contributed by atoms with E-state index in [0.29, 0.717) is 6.54 Å². The van der Waals surface area contributed by atoms with Gasteiger partial charge in [0.1, 0.15) is 4.90 Å². The molecule has 0 aromatic heterocycles. The normalized spacial score (nSPS) is 17.6. The van der Waals surface area contributed by atoms with Crippen LogP contribution in [0.25, 0.3) is 0 Å². The minimum Gasteiger partial charge on any atom is -0.452 e. The van der Waals surface area contributed by atoms with E-state index in [1.54, 1.807) is 4.90 Å². The largest absolute Gasteiger partial charge is 0.452 e. The maximum atomic E-state index is 12.2. The summed E-state index contributed by atoms with van der Waals surface area (Å²) in [7, 11) is -3.82. The molecule has 0 radical (unpaired) electrons. The Morgan fingerprint density at radius 2 is 2.04 bits per heavy atom. The van der Waals surface area contributed by atoms with Crippen LogP contribution in [0.1, 0.15) is 36.5 Å². The van der Waals surface area contributed by atoms with Crippen LogP contribution in [0.2, 0.25) is 0 Å². The van der Waals surface area contributed by atoms with Gasteiger partial charge in [-0.25, -0.2) is 13.2 Å². The van der Waals surface area contributed by atoms with Gasteiger partial charge in [0.15, 0.2) is 16.4 Å². The molecule has 26 heavy (non-hydrogen) atoms. The van der Waals surface area contributed by atoms with Crippen molar-refractivity contribution in [1.29, 1.82) is 0 Å². The lowest BCUT2D eigenvalue weighted by molar-refractivity contribution is -0.387. The number of esters is 1. The summed E-state index contributed by atoms with van der Waals surface area (Å²) in [5.74, 6) is -1.25. The van der Waals surface area contributed by atoms with Gasteiger partial charge in [0, 0.05) is 24.9 Å². The third-order valence-electron chi connectivity index (χ3n) is 4.24. The van der Waals surface area contributed by atoms with Crippen LogP contribution in [-0.2, 0) is 19.4 Å². The fraction of sp³-hybridized carbons (Fsp3) is 0.500. The minimum atomic E-state index is -3.82. The molecular weight excluding hydrogens is 364 g/mol. The van der Waals surface area contributed by atoms with Crippen molar-refractivity contribution in [3.63, 3.8) is 0 Å². The third-order valence-corrected chi connectivity index (χ3v) is 5.39. The van der Waals surface area contributed by atoms with Crippen LogP contribution in [0, 0.1) is 10.1 Å². The Bertz CT molecular complexity index is 835. The molecule has 9 nitrogen and oxygen atoms in total. The number of carbonyl (C=O) groups is 2. The lowest BCUT2D eigenvalue weighted by atomic mass is 10.0. The number of nitro benzene ring substituents is 1. The van der Waals surface area contributed by atoms with E-state index in [2.05, 4.69) is 0 Å². The second kappa shape index (κ2) is 7.81. The summed E-state index contributed by atoms with van der Waals surface area (Å²) in [6, 6.07) is 3.02. The number of sulfone groups is 1. The van der Waals surface area contributed by atoms with Crippen molar-refractivity contribution < 1.29 is 27.7 Å². The number of carbonyl (C=O) groups excluding carboxylic acids is 2. The zero-order valence-electron chi connectivity index (χ0n) is 14.5. The van der Waals surface area contributed by atoms with E-state index < -0.39 is 37.9 Å². The molecule has 1 aliphatic heterocycles. The Hall–Kier alpha value is -2.49. The predicted octanol–water partition coefficient (Wildman–Crippen LogP) is 1.56. The van der Waals surface area contributed by atoms with Gasteiger partial charge in [0.2, 0.25) is 0 Å². The predicted molar refractivity (Wildman–Crippen MR) is 91.5 cm³/mol. The summed E-state index contributed by atoms with van der Waals surface area (Å²) in [6.45, 7) is 2.06.